The van der Waals surface area contributed by atoms with Crippen molar-refractivity contribution in [2.24, 2.45) is 0 Å². The Morgan fingerprint density at radius 1 is 1.21 bits per heavy atom. The van der Waals surface area contributed by atoms with Gasteiger partial charge in [0.2, 0.25) is 5.91 Å². The Morgan fingerprint density at radius 2 is 1.97 bits per heavy atom. The first-order valence-electron chi connectivity index (χ1n) is 9.17. The minimum Gasteiger partial charge on any atom is -0.497 e. The van der Waals surface area contributed by atoms with Crippen molar-refractivity contribution in [2.75, 3.05) is 7.11 Å². The minimum absolute atomic E-state index is 0.139. The highest BCUT2D eigenvalue weighted by atomic mass is 35.5. The van der Waals surface area contributed by atoms with Crippen molar-refractivity contribution >= 4 is 17.5 Å². The maximum absolute atomic E-state index is 12.7. The summed E-state index contributed by atoms with van der Waals surface area (Å²) in [6, 6.07) is 15.8. The zero-order valence-corrected chi connectivity index (χ0v) is 17.0. The number of ether oxygens (including phenoxy) is 1. The van der Waals surface area contributed by atoms with Crippen LogP contribution in [0.15, 0.2) is 59.4 Å². The van der Waals surface area contributed by atoms with Gasteiger partial charge in [0.25, 0.3) is 5.56 Å². The van der Waals surface area contributed by atoms with Gasteiger partial charge in [0, 0.05) is 17.5 Å². The molecule has 0 fully saturated rings. The molecule has 2 aromatic carbocycles. The molecule has 150 valence electrons. The van der Waals surface area contributed by atoms with E-state index >= 15 is 0 Å². The molecular formula is C22H22ClN3O3. The van der Waals surface area contributed by atoms with Gasteiger partial charge in [-0.2, -0.15) is 0 Å². The number of hydrogen-bond donors (Lipinski definition) is 2. The van der Waals surface area contributed by atoms with Crippen LogP contribution in [0, 0.1) is 6.92 Å². The molecule has 0 unspecified atom stereocenters. The number of methoxy groups -OCH3 is 1. The highest BCUT2D eigenvalue weighted by Crippen LogP contribution is 2.20. The Labute approximate surface area is 173 Å². The minimum atomic E-state index is -0.348. The molecule has 6 nitrogen and oxygen atoms in total. The van der Waals surface area contributed by atoms with Crippen LogP contribution in [0.4, 0.5) is 0 Å². The summed E-state index contributed by atoms with van der Waals surface area (Å²) in [7, 11) is 1.59. The van der Waals surface area contributed by atoms with E-state index in [1.54, 1.807) is 26.2 Å². The lowest BCUT2D eigenvalue weighted by molar-refractivity contribution is -0.121. The number of nitrogens with one attached hydrogen (secondary N) is 2. The standard InChI is InChI=1S/C22H22ClN3O3/c1-14-24-18(13-22(28)25-14)12-20(16-6-8-17(23)9-7-16)26-21(27)11-15-4-3-5-19(10-15)29-2/h3-10,13,20H,11-12H2,1-2H3,(H,26,27)(H,24,25,28)/t20-/m0/s1. The maximum Gasteiger partial charge on any atom is 0.251 e. The van der Waals surface area contributed by atoms with Crippen molar-refractivity contribution in [2.45, 2.75) is 25.8 Å². The van der Waals surface area contributed by atoms with E-state index in [2.05, 4.69) is 15.3 Å². The second-order valence-corrected chi connectivity index (χ2v) is 7.16. The number of H-pyrrole nitrogens is 1. The van der Waals surface area contributed by atoms with Crippen LogP contribution in [-0.2, 0) is 17.6 Å². The fourth-order valence-electron chi connectivity index (χ4n) is 3.12. The number of carbonyl (C=O) groups excluding carboxylic acids is 1. The van der Waals surface area contributed by atoms with Gasteiger partial charge < -0.3 is 15.0 Å². The zero-order chi connectivity index (χ0) is 20.8. The van der Waals surface area contributed by atoms with Crippen LogP contribution in [0.3, 0.4) is 0 Å². The number of aromatic nitrogens is 2. The molecule has 0 aliphatic rings. The third kappa shape index (κ3) is 5.93. The number of benzene rings is 2. The Kier molecular flexibility index (Phi) is 6.67. The van der Waals surface area contributed by atoms with E-state index in [9.17, 15) is 9.59 Å². The molecule has 3 rings (SSSR count). The van der Waals surface area contributed by atoms with Gasteiger partial charge in [-0.1, -0.05) is 35.9 Å². The summed E-state index contributed by atoms with van der Waals surface area (Å²) < 4.78 is 5.21. The molecule has 0 bridgehead atoms. The van der Waals surface area contributed by atoms with Crippen molar-refractivity contribution in [3.63, 3.8) is 0 Å². The monoisotopic (exact) mass is 411 g/mol. The Hall–Kier alpha value is -3.12. The van der Waals surface area contributed by atoms with Crippen LogP contribution in [0.25, 0.3) is 0 Å². The van der Waals surface area contributed by atoms with Crippen LogP contribution in [-0.4, -0.2) is 23.0 Å². The van der Waals surface area contributed by atoms with Gasteiger partial charge in [-0.05, 0) is 42.3 Å². The summed E-state index contributed by atoms with van der Waals surface area (Å²) in [6.07, 6.45) is 0.597. The second-order valence-electron chi connectivity index (χ2n) is 6.73. The topological polar surface area (TPSA) is 84.1 Å². The lowest BCUT2D eigenvalue weighted by Crippen LogP contribution is -2.31. The predicted molar refractivity (Wildman–Crippen MR) is 112 cm³/mol. The van der Waals surface area contributed by atoms with Crippen LogP contribution in [0.1, 0.15) is 28.7 Å². The van der Waals surface area contributed by atoms with Crippen molar-refractivity contribution in [3.05, 3.63) is 92.6 Å². The molecule has 7 heteroatoms. The number of aromatic amines is 1. The van der Waals surface area contributed by atoms with E-state index in [-0.39, 0.29) is 23.9 Å². The SMILES string of the molecule is COc1cccc(CC(=O)N[C@@H](Cc2cc(=O)[nH]c(C)n2)c2ccc(Cl)cc2)c1. The Bertz CT molecular complexity index is 1050. The molecule has 0 saturated carbocycles. The molecule has 0 saturated heterocycles. The van der Waals surface area contributed by atoms with Gasteiger partial charge in [-0.15, -0.1) is 0 Å². The van der Waals surface area contributed by atoms with Gasteiger partial charge in [-0.25, -0.2) is 4.98 Å². The predicted octanol–water partition coefficient (Wildman–Crippen LogP) is 3.38. The summed E-state index contributed by atoms with van der Waals surface area (Å²) >= 11 is 6.00. The third-order valence-electron chi connectivity index (χ3n) is 4.43. The fourth-order valence-corrected chi connectivity index (χ4v) is 3.24. The van der Waals surface area contributed by atoms with E-state index in [4.69, 9.17) is 16.3 Å². The number of aryl methyl sites for hydroxylation is 1. The molecule has 0 spiro atoms. The molecule has 29 heavy (non-hydrogen) atoms. The van der Waals surface area contributed by atoms with E-state index in [0.717, 1.165) is 11.1 Å². The zero-order valence-electron chi connectivity index (χ0n) is 16.2. The van der Waals surface area contributed by atoms with Gasteiger partial charge in [0.1, 0.15) is 11.6 Å². The molecular weight excluding hydrogens is 390 g/mol. The molecule has 1 aromatic heterocycles. The Balaban J connectivity index is 1.81. The average molecular weight is 412 g/mol. The van der Waals surface area contributed by atoms with Crippen LogP contribution in [0.2, 0.25) is 5.02 Å². The molecule has 2 N–H and O–H groups in total. The number of rotatable bonds is 7. The number of carbonyl (C=O) groups is 1. The lowest BCUT2D eigenvalue weighted by atomic mass is 10.0. The summed E-state index contributed by atoms with van der Waals surface area (Å²) in [4.78, 5) is 31.5. The molecule has 1 atom stereocenters. The molecule has 0 aliphatic heterocycles. The molecule has 1 heterocycles. The van der Waals surface area contributed by atoms with Crippen molar-refractivity contribution < 1.29 is 9.53 Å². The van der Waals surface area contributed by atoms with E-state index < -0.39 is 0 Å². The van der Waals surface area contributed by atoms with Crippen molar-refractivity contribution in [3.8, 4) is 5.75 Å². The molecule has 3 aromatic rings. The smallest absolute Gasteiger partial charge is 0.251 e. The number of hydrogen-bond acceptors (Lipinski definition) is 4. The van der Waals surface area contributed by atoms with Crippen molar-refractivity contribution in [1.82, 2.24) is 15.3 Å². The number of nitrogens with zero attached hydrogens (tertiary/aromatic N) is 1. The van der Waals surface area contributed by atoms with Gasteiger partial charge in [-0.3, -0.25) is 9.59 Å². The second kappa shape index (κ2) is 9.39. The number of amides is 1. The van der Waals surface area contributed by atoms with Gasteiger partial charge in [0.15, 0.2) is 0 Å². The molecule has 0 aliphatic carbocycles. The summed E-state index contributed by atoms with van der Waals surface area (Å²) in [5.74, 6) is 1.09. The average Bonchev–Trinajstić information content (AvgIpc) is 2.67. The summed E-state index contributed by atoms with van der Waals surface area (Å²) in [6.45, 7) is 1.73. The van der Waals surface area contributed by atoms with Gasteiger partial charge in [0.05, 0.1) is 25.3 Å². The highest BCUT2D eigenvalue weighted by Gasteiger charge is 2.17. The molecule has 0 radical (unpaired) electrons. The maximum atomic E-state index is 12.7. The summed E-state index contributed by atoms with van der Waals surface area (Å²) in [5, 5.41) is 3.66. The van der Waals surface area contributed by atoms with Gasteiger partial charge >= 0.3 is 0 Å². The Morgan fingerprint density at radius 3 is 2.66 bits per heavy atom. The molecule has 1 amide bonds. The normalized spacial score (nSPS) is 11.7. The highest BCUT2D eigenvalue weighted by molar-refractivity contribution is 6.30. The van der Waals surface area contributed by atoms with E-state index in [1.807, 2.05) is 36.4 Å². The number of halogens is 1. The fraction of sp³-hybridized carbons (Fsp3) is 0.227. The van der Waals surface area contributed by atoms with E-state index in [0.29, 0.717) is 28.7 Å². The lowest BCUT2D eigenvalue weighted by Gasteiger charge is -2.19. The van der Waals surface area contributed by atoms with Crippen LogP contribution in [0.5, 0.6) is 5.75 Å². The largest absolute Gasteiger partial charge is 0.497 e. The van der Waals surface area contributed by atoms with E-state index in [1.165, 1.54) is 6.07 Å². The van der Waals surface area contributed by atoms with Crippen LogP contribution < -0.4 is 15.6 Å². The van der Waals surface area contributed by atoms with Crippen LogP contribution >= 0.6 is 11.6 Å². The first-order valence-corrected chi connectivity index (χ1v) is 9.55. The quantitative estimate of drug-likeness (QED) is 0.624. The first-order chi connectivity index (χ1) is 13.9. The summed E-state index contributed by atoms with van der Waals surface area (Å²) in [5.41, 5.74) is 2.12. The third-order valence-corrected chi connectivity index (χ3v) is 4.68. The van der Waals surface area contributed by atoms with Crippen molar-refractivity contribution in [1.29, 1.82) is 0 Å². The first kappa shape index (κ1) is 20.6.